The number of hydrogen-bond acceptors (Lipinski definition) is 3. The second-order valence-electron chi connectivity index (χ2n) is 15.2. The van der Waals surface area contributed by atoms with Crippen LogP contribution in [0.4, 0.5) is 17.1 Å². The Labute approximate surface area is 337 Å². The van der Waals surface area contributed by atoms with Gasteiger partial charge in [0.15, 0.2) is 23.0 Å². The van der Waals surface area contributed by atoms with Crippen molar-refractivity contribution in [2.45, 2.75) is 5.41 Å². The molecule has 58 heavy (non-hydrogen) atoms. The highest BCUT2D eigenvalue weighted by Crippen LogP contribution is 2.67. The van der Waals surface area contributed by atoms with Gasteiger partial charge in [0.2, 0.25) is 0 Å². The van der Waals surface area contributed by atoms with Crippen LogP contribution in [0.25, 0.3) is 44.5 Å². The van der Waals surface area contributed by atoms with Crippen molar-refractivity contribution in [2.24, 2.45) is 0 Å². The predicted molar refractivity (Wildman–Crippen MR) is 235 cm³/mol. The predicted octanol–water partition coefficient (Wildman–Crippen LogP) is 14.7. The van der Waals surface area contributed by atoms with Crippen molar-refractivity contribution in [2.75, 3.05) is 4.90 Å². The molecule has 3 nitrogen and oxygen atoms in total. The van der Waals surface area contributed by atoms with Crippen LogP contribution in [0.3, 0.4) is 0 Å². The maximum atomic E-state index is 7.25. The highest BCUT2D eigenvalue weighted by atomic mass is 16.6. The molecule has 9 aromatic rings. The SMILES string of the molecule is c1ccc(-c2ccc(N(c3cccc(-c4ccccc4)c3)c3cccc4c3Oc3ccc5c(c3O4)C3(c4ccccc4-c4ccccc43)c3ccccc3-5)cc2)cc1. The Morgan fingerprint density at radius 1 is 0.328 bits per heavy atom. The van der Waals surface area contributed by atoms with E-state index in [1.54, 1.807) is 0 Å². The van der Waals surface area contributed by atoms with E-state index in [0.717, 1.165) is 45.1 Å². The fourth-order valence-corrected chi connectivity index (χ4v) is 9.72. The van der Waals surface area contributed by atoms with E-state index in [9.17, 15) is 0 Å². The lowest BCUT2D eigenvalue weighted by molar-refractivity contribution is 0.355. The average molecular weight is 742 g/mol. The van der Waals surface area contributed by atoms with Gasteiger partial charge in [0.1, 0.15) is 0 Å². The number of hydrogen-bond donors (Lipinski definition) is 0. The lowest BCUT2D eigenvalue weighted by Crippen LogP contribution is -2.26. The van der Waals surface area contributed by atoms with E-state index in [-0.39, 0.29) is 0 Å². The topological polar surface area (TPSA) is 21.7 Å². The van der Waals surface area contributed by atoms with Crippen molar-refractivity contribution < 1.29 is 9.47 Å². The second kappa shape index (κ2) is 12.7. The highest BCUT2D eigenvalue weighted by molar-refractivity contribution is 5.97. The summed E-state index contributed by atoms with van der Waals surface area (Å²) >= 11 is 0. The standard InChI is InChI=1S/C55H35NO2/c1-3-15-36(16-4-1)38-29-31-40(32-30-38)56(41-20-13-19-39(35-41)37-17-5-2-6-18-37)49-27-14-28-50-53(49)57-51-34-33-45-44-23-9-12-26-48(44)55(52(45)54(51)58-50)46-24-10-7-21-42(46)43-22-8-11-25-47(43)55/h1-35H. The van der Waals surface area contributed by atoms with Crippen molar-refractivity contribution in [3.05, 3.63) is 235 Å². The van der Waals surface area contributed by atoms with E-state index in [2.05, 4.69) is 211 Å². The van der Waals surface area contributed by atoms with Crippen molar-refractivity contribution in [3.8, 4) is 67.5 Å². The maximum Gasteiger partial charge on any atom is 0.194 e. The van der Waals surface area contributed by atoms with Crippen LogP contribution in [0.1, 0.15) is 22.3 Å². The summed E-state index contributed by atoms with van der Waals surface area (Å²) in [5.41, 5.74) is 16.8. The van der Waals surface area contributed by atoms with Gasteiger partial charge < -0.3 is 14.4 Å². The fourth-order valence-electron chi connectivity index (χ4n) is 9.72. The first kappa shape index (κ1) is 32.6. The molecule has 0 fully saturated rings. The van der Waals surface area contributed by atoms with Crippen LogP contribution in [0.15, 0.2) is 212 Å². The molecule has 2 aliphatic carbocycles. The largest absolute Gasteiger partial charge is 0.449 e. The Balaban J connectivity index is 1.04. The summed E-state index contributed by atoms with van der Waals surface area (Å²) in [7, 11) is 0. The zero-order chi connectivity index (χ0) is 38.2. The number of benzene rings is 9. The van der Waals surface area contributed by atoms with Gasteiger partial charge in [-0.1, -0.05) is 170 Å². The van der Waals surface area contributed by atoms with Crippen molar-refractivity contribution in [3.63, 3.8) is 0 Å². The summed E-state index contributed by atoms with van der Waals surface area (Å²) in [4.78, 5) is 2.28. The summed E-state index contributed by atoms with van der Waals surface area (Å²) in [5.74, 6) is 2.80. The molecule has 0 amide bonds. The Morgan fingerprint density at radius 2 is 0.828 bits per heavy atom. The molecule has 9 aromatic carbocycles. The third-order valence-corrected chi connectivity index (χ3v) is 12.1. The quantitative estimate of drug-likeness (QED) is 0.175. The van der Waals surface area contributed by atoms with Crippen LogP contribution in [-0.4, -0.2) is 0 Å². The zero-order valence-corrected chi connectivity index (χ0v) is 31.5. The molecule has 0 unspecified atom stereocenters. The van der Waals surface area contributed by atoms with Gasteiger partial charge in [-0.2, -0.15) is 0 Å². The average Bonchev–Trinajstić information content (AvgIpc) is 3.77. The van der Waals surface area contributed by atoms with Crippen molar-refractivity contribution in [1.29, 1.82) is 0 Å². The molecule has 0 bridgehead atoms. The van der Waals surface area contributed by atoms with Crippen molar-refractivity contribution in [1.82, 2.24) is 0 Å². The second-order valence-corrected chi connectivity index (χ2v) is 15.2. The maximum absolute atomic E-state index is 7.25. The lowest BCUT2D eigenvalue weighted by Gasteiger charge is -2.34. The van der Waals surface area contributed by atoms with Gasteiger partial charge in [0.25, 0.3) is 0 Å². The molecule has 3 aliphatic rings. The van der Waals surface area contributed by atoms with Gasteiger partial charge in [-0.05, 0) is 104 Å². The van der Waals surface area contributed by atoms with E-state index >= 15 is 0 Å². The first-order valence-electron chi connectivity index (χ1n) is 19.8. The van der Waals surface area contributed by atoms with Crippen LogP contribution in [0.2, 0.25) is 0 Å². The Morgan fingerprint density at radius 3 is 1.48 bits per heavy atom. The molecule has 12 rings (SSSR count). The molecule has 0 N–H and O–H groups in total. The first-order valence-corrected chi connectivity index (χ1v) is 19.8. The molecule has 0 aromatic heterocycles. The van der Waals surface area contributed by atoms with Crippen LogP contribution in [-0.2, 0) is 5.41 Å². The zero-order valence-electron chi connectivity index (χ0n) is 31.5. The van der Waals surface area contributed by atoms with Gasteiger partial charge in [-0.25, -0.2) is 0 Å². The molecule has 272 valence electrons. The summed E-state index contributed by atoms with van der Waals surface area (Å²) in [6.07, 6.45) is 0. The number of anilines is 3. The van der Waals surface area contributed by atoms with E-state index < -0.39 is 5.41 Å². The van der Waals surface area contributed by atoms with Crippen LogP contribution in [0, 0.1) is 0 Å². The van der Waals surface area contributed by atoms with Gasteiger partial charge >= 0.3 is 0 Å². The number of rotatable bonds is 5. The van der Waals surface area contributed by atoms with Crippen LogP contribution in [0.5, 0.6) is 23.0 Å². The Kier molecular flexibility index (Phi) is 7.14. The monoisotopic (exact) mass is 741 g/mol. The first-order chi connectivity index (χ1) is 28.8. The normalized spacial score (nSPS) is 13.2. The van der Waals surface area contributed by atoms with E-state index in [1.165, 1.54) is 44.5 Å². The van der Waals surface area contributed by atoms with Crippen LogP contribution >= 0.6 is 0 Å². The fraction of sp³-hybridized carbons (Fsp3) is 0.0182. The third kappa shape index (κ3) is 4.68. The number of para-hydroxylation sites is 1. The highest BCUT2D eigenvalue weighted by Gasteiger charge is 2.54. The summed E-state index contributed by atoms with van der Waals surface area (Å²) < 4.78 is 14.4. The molecule has 1 aliphatic heterocycles. The lowest BCUT2D eigenvalue weighted by atomic mass is 9.70. The summed E-state index contributed by atoms with van der Waals surface area (Å²) in [6.45, 7) is 0. The van der Waals surface area contributed by atoms with E-state index in [4.69, 9.17) is 9.47 Å². The smallest absolute Gasteiger partial charge is 0.194 e. The minimum atomic E-state index is -0.562. The molecule has 3 heteroatoms. The number of nitrogens with zero attached hydrogens (tertiary/aromatic N) is 1. The van der Waals surface area contributed by atoms with Gasteiger partial charge in [0.05, 0.1) is 11.1 Å². The van der Waals surface area contributed by atoms with Crippen LogP contribution < -0.4 is 14.4 Å². The van der Waals surface area contributed by atoms with Gasteiger partial charge in [-0.15, -0.1) is 0 Å². The Bertz CT molecular complexity index is 3000. The van der Waals surface area contributed by atoms with Crippen molar-refractivity contribution >= 4 is 17.1 Å². The molecule has 0 saturated carbocycles. The van der Waals surface area contributed by atoms with E-state index in [1.807, 2.05) is 6.07 Å². The van der Waals surface area contributed by atoms with E-state index in [0.29, 0.717) is 17.2 Å². The summed E-state index contributed by atoms with van der Waals surface area (Å²) in [6, 6.07) is 75.6. The molecule has 1 heterocycles. The minimum absolute atomic E-state index is 0.562. The Hall–Kier alpha value is -7.62. The van der Waals surface area contributed by atoms with Gasteiger partial charge in [0, 0.05) is 16.9 Å². The molecular weight excluding hydrogens is 707 g/mol. The molecule has 0 radical (unpaired) electrons. The number of fused-ring (bicyclic) bond motifs is 13. The molecular formula is C55H35NO2. The minimum Gasteiger partial charge on any atom is -0.449 e. The van der Waals surface area contributed by atoms with Gasteiger partial charge in [-0.3, -0.25) is 0 Å². The molecule has 1 spiro atoms. The number of ether oxygens (including phenoxy) is 2. The molecule has 0 saturated heterocycles. The molecule has 0 atom stereocenters. The summed E-state index contributed by atoms with van der Waals surface area (Å²) in [5, 5.41) is 0. The third-order valence-electron chi connectivity index (χ3n) is 12.1.